The molecule has 0 spiro atoms. The molecule has 1 fully saturated rings. The molecule has 6 heteroatoms. The SMILES string of the molecule is CN(C)CCn1ccnc1[C@@H]1CCCN(C(=O)c2ccc3occc3c2)C1. The van der Waals surface area contributed by atoms with E-state index in [0.717, 1.165) is 61.4 Å². The van der Waals surface area contributed by atoms with E-state index < -0.39 is 0 Å². The zero-order valence-corrected chi connectivity index (χ0v) is 16.0. The second kappa shape index (κ2) is 7.56. The van der Waals surface area contributed by atoms with Crippen LogP contribution in [0, 0.1) is 0 Å². The van der Waals surface area contributed by atoms with E-state index in [1.165, 1.54) is 0 Å². The van der Waals surface area contributed by atoms with Gasteiger partial charge in [-0.1, -0.05) is 0 Å². The number of hydrogen-bond donors (Lipinski definition) is 0. The molecule has 27 heavy (non-hydrogen) atoms. The van der Waals surface area contributed by atoms with Crippen molar-refractivity contribution < 1.29 is 9.21 Å². The third kappa shape index (κ3) is 3.76. The van der Waals surface area contributed by atoms with E-state index in [9.17, 15) is 4.79 Å². The Morgan fingerprint density at radius 2 is 2.22 bits per heavy atom. The molecule has 4 rings (SSSR count). The Hall–Kier alpha value is -2.60. The predicted octanol–water partition coefficient (Wildman–Crippen LogP) is 3.21. The van der Waals surface area contributed by atoms with Crippen molar-refractivity contribution in [2.45, 2.75) is 25.3 Å². The number of hydrogen-bond acceptors (Lipinski definition) is 4. The summed E-state index contributed by atoms with van der Waals surface area (Å²) in [5.74, 6) is 1.48. The smallest absolute Gasteiger partial charge is 0.253 e. The molecular weight excluding hydrogens is 340 g/mol. The van der Waals surface area contributed by atoms with Crippen molar-refractivity contribution in [1.82, 2.24) is 19.4 Å². The molecule has 3 heterocycles. The van der Waals surface area contributed by atoms with E-state index >= 15 is 0 Å². The molecule has 3 aromatic rings. The Kier molecular flexibility index (Phi) is 4.99. The molecule has 0 unspecified atom stereocenters. The fourth-order valence-electron chi connectivity index (χ4n) is 3.83. The number of nitrogens with zero attached hydrogens (tertiary/aromatic N) is 4. The van der Waals surface area contributed by atoms with Crippen LogP contribution in [0.2, 0.25) is 0 Å². The second-order valence-electron chi connectivity index (χ2n) is 7.55. The van der Waals surface area contributed by atoms with Gasteiger partial charge in [0.05, 0.1) is 6.26 Å². The summed E-state index contributed by atoms with van der Waals surface area (Å²) in [5, 5.41) is 0.966. The molecule has 1 amide bonds. The molecule has 1 aliphatic heterocycles. The van der Waals surface area contributed by atoms with Crippen LogP contribution in [0.1, 0.15) is 34.9 Å². The van der Waals surface area contributed by atoms with Crippen LogP contribution in [-0.2, 0) is 6.54 Å². The standard InChI is InChI=1S/C21H26N4O2/c1-23(2)11-12-24-10-8-22-20(24)18-4-3-9-25(15-18)21(26)17-5-6-19-16(14-17)7-13-27-19/h5-8,10,13-14,18H,3-4,9,11-12,15H2,1-2H3/t18-/m1/s1. The van der Waals surface area contributed by atoms with Crippen LogP contribution in [0.4, 0.5) is 0 Å². The minimum Gasteiger partial charge on any atom is -0.464 e. The lowest BCUT2D eigenvalue weighted by Crippen LogP contribution is -2.39. The largest absolute Gasteiger partial charge is 0.464 e. The predicted molar refractivity (Wildman–Crippen MR) is 105 cm³/mol. The quantitative estimate of drug-likeness (QED) is 0.696. The number of imidazole rings is 1. The Labute approximate surface area is 159 Å². The third-order valence-electron chi connectivity index (χ3n) is 5.31. The highest BCUT2D eigenvalue weighted by Crippen LogP contribution is 2.27. The lowest BCUT2D eigenvalue weighted by Gasteiger charge is -2.33. The molecule has 0 aliphatic carbocycles. The summed E-state index contributed by atoms with van der Waals surface area (Å²) in [6.45, 7) is 3.42. The van der Waals surface area contributed by atoms with Crippen LogP contribution in [0.5, 0.6) is 0 Å². The number of fused-ring (bicyclic) bond motifs is 1. The van der Waals surface area contributed by atoms with E-state index in [-0.39, 0.29) is 11.8 Å². The summed E-state index contributed by atoms with van der Waals surface area (Å²) in [7, 11) is 4.16. The summed E-state index contributed by atoms with van der Waals surface area (Å²) in [6.07, 6.45) is 7.66. The van der Waals surface area contributed by atoms with Crippen molar-refractivity contribution in [2.75, 3.05) is 33.7 Å². The molecular formula is C21H26N4O2. The maximum atomic E-state index is 13.0. The van der Waals surface area contributed by atoms with Gasteiger partial charge in [-0.25, -0.2) is 4.98 Å². The lowest BCUT2D eigenvalue weighted by molar-refractivity contribution is 0.0703. The number of likely N-dealkylation sites (tertiary alicyclic amines) is 1. The average molecular weight is 366 g/mol. The highest BCUT2D eigenvalue weighted by Gasteiger charge is 2.28. The summed E-state index contributed by atoms with van der Waals surface area (Å²) in [4.78, 5) is 21.8. The molecule has 1 aliphatic rings. The zero-order valence-electron chi connectivity index (χ0n) is 16.0. The van der Waals surface area contributed by atoms with Gasteiger partial charge in [-0.05, 0) is 51.2 Å². The number of carbonyl (C=O) groups is 1. The molecule has 1 saturated heterocycles. The highest BCUT2D eigenvalue weighted by molar-refractivity contribution is 5.97. The average Bonchev–Trinajstić information content (AvgIpc) is 3.34. The summed E-state index contributed by atoms with van der Waals surface area (Å²) in [6, 6.07) is 7.54. The first-order valence-corrected chi connectivity index (χ1v) is 9.54. The summed E-state index contributed by atoms with van der Waals surface area (Å²) < 4.78 is 7.61. The van der Waals surface area contributed by atoms with Crippen LogP contribution < -0.4 is 0 Å². The van der Waals surface area contributed by atoms with Crippen molar-refractivity contribution in [3.63, 3.8) is 0 Å². The van der Waals surface area contributed by atoms with E-state index in [1.54, 1.807) is 6.26 Å². The molecule has 1 atom stereocenters. The van der Waals surface area contributed by atoms with Gasteiger partial charge in [0.2, 0.25) is 0 Å². The maximum Gasteiger partial charge on any atom is 0.253 e. The zero-order chi connectivity index (χ0) is 18.8. The molecule has 0 N–H and O–H groups in total. The van der Waals surface area contributed by atoms with Gasteiger partial charge in [0, 0.05) is 55.4 Å². The van der Waals surface area contributed by atoms with Gasteiger partial charge in [0.1, 0.15) is 11.4 Å². The third-order valence-corrected chi connectivity index (χ3v) is 5.31. The van der Waals surface area contributed by atoms with Crippen molar-refractivity contribution in [1.29, 1.82) is 0 Å². The highest BCUT2D eigenvalue weighted by atomic mass is 16.3. The second-order valence-corrected chi connectivity index (χ2v) is 7.55. The number of benzene rings is 1. The summed E-state index contributed by atoms with van der Waals surface area (Å²) in [5.41, 5.74) is 1.53. The molecule has 2 aromatic heterocycles. The number of furan rings is 1. The van der Waals surface area contributed by atoms with Crippen molar-refractivity contribution in [3.05, 3.63) is 54.3 Å². The van der Waals surface area contributed by atoms with Gasteiger partial charge in [-0.3, -0.25) is 4.79 Å². The van der Waals surface area contributed by atoms with E-state index in [4.69, 9.17) is 4.42 Å². The minimum absolute atomic E-state index is 0.0918. The van der Waals surface area contributed by atoms with Gasteiger partial charge < -0.3 is 18.8 Å². The normalized spacial score (nSPS) is 17.7. The van der Waals surface area contributed by atoms with Gasteiger partial charge in [-0.2, -0.15) is 0 Å². The van der Waals surface area contributed by atoms with E-state index in [1.807, 2.05) is 41.6 Å². The van der Waals surface area contributed by atoms with Gasteiger partial charge in [0.25, 0.3) is 5.91 Å². The number of amides is 1. The van der Waals surface area contributed by atoms with Crippen LogP contribution >= 0.6 is 0 Å². The number of aromatic nitrogens is 2. The Bertz CT molecular complexity index is 927. The fraction of sp³-hybridized carbons (Fsp3) is 0.429. The van der Waals surface area contributed by atoms with E-state index in [2.05, 4.69) is 28.5 Å². The van der Waals surface area contributed by atoms with Crippen molar-refractivity contribution in [3.8, 4) is 0 Å². The summed E-state index contributed by atoms with van der Waals surface area (Å²) >= 11 is 0. The fourth-order valence-corrected chi connectivity index (χ4v) is 3.83. The lowest BCUT2D eigenvalue weighted by atomic mass is 9.96. The number of piperidine rings is 1. The number of likely N-dealkylation sites (N-methyl/N-ethyl adjacent to an activating group) is 1. The molecule has 142 valence electrons. The molecule has 0 saturated carbocycles. The molecule has 6 nitrogen and oxygen atoms in total. The Morgan fingerprint density at radius 3 is 3.07 bits per heavy atom. The van der Waals surface area contributed by atoms with Crippen molar-refractivity contribution >= 4 is 16.9 Å². The molecule has 0 radical (unpaired) electrons. The van der Waals surface area contributed by atoms with E-state index in [0.29, 0.717) is 0 Å². The first-order valence-electron chi connectivity index (χ1n) is 9.54. The van der Waals surface area contributed by atoms with Crippen molar-refractivity contribution in [2.24, 2.45) is 0 Å². The maximum absolute atomic E-state index is 13.0. The Morgan fingerprint density at radius 1 is 1.33 bits per heavy atom. The first kappa shape index (κ1) is 17.8. The number of rotatable bonds is 5. The minimum atomic E-state index is 0.0918. The number of carbonyl (C=O) groups excluding carboxylic acids is 1. The monoisotopic (exact) mass is 366 g/mol. The van der Waals surface area contributed by atoms with Gasteiger partial charge >= 0.3 is 0 Å². The van der Waals surface area contributed by atoms with Crippen LogP contribution in [0.3, 0.4) is 0 Å². The van der Waals surface area contributed by atoms with Crippen LogP contribution in [0.25, 0.3) is 11.0 Å². The molecule has 0 bridgehead atoms. The van der Waals surface area contributed by atoms with Crippen LogP contribution in [0.15, 0.2) is 47.3 Å². The topological polar surface area (TPSA) is 54.5 Å². The first-order chi connectivity index (χ1) is 13.1. The Balaban J connectivity index is 1.49. The van der Waals surface area contributed by atoms with Crippen LogP contribution in [-0.4, -0.2) is 59.0 Å². The van der Waals surface area contributed by atoms with Gasteiger partial charge in [0.15, 0.2) is 0 Å². The molecule has 1 aromatic carbocycles. The van der Waals surface area contributed by atoms with Gasteiger partial charge in [-0.15, -0.1) is 0 Å².